The summed E-state index contributed by atoms with van der Waals surface area (Å²) in [6.45, 7) is 10.5. The fourth-order valence-electron chi connectivity index (χ4n) is 3.75. The first-order chi connectivity index (χ1) is 13.7. The Balaban J connectivity index is 1.41. The van der Waals surface area contributed by atoms with Crippen molar-refractivity contribution >= 4 is 0 Å². The summed E-state index contributed by atoms with van der Waals surface area (Å²) in [6, 6.07) is 18.8. The Labute approximate surface area is 169 Å². The Morgan fingerprint density at radius 1 is 0.929 bits per heavy atom. The first-order valence-electron chi connectivity index (χ1n) is 10.5. The van der Waals surface area contributed by atoms with Crippen molar-refractivity contribution in [2.24, 2.45) is 0 Å². The van der Waals surface area contributed by atoms with Crippen LogP contribution in [0.2, 0.25) is 0 Å². The molecule has 28 heavy (non-hydrogen) atoms. The van der Waals surface area contributed by atoms with Gasteiger partial charge >= 0.3 is 0 Å². The van der Waals surface area contributed by atoms with Crippen LogP contribution >= 0.6 is 0 Å². The molecule has 2 atom stereocenters. The van der Waals surface area contributed by atoms with Crippen LogP contribution in [-0.2, 0) is 6.54 Å². The summed E-state index contributed by atoms with van der Waals surface area (Å²) in [5, 5.41) is 10.5. The summed E-state index contributed by atoms with van der Waals surface area (Å²) < 4.78 is 5.98. The standard InChI is InChI=1S/C24H34N2O2/c1-3-20(2)23-11-7-8-12-24(23)28-19-22(27)18-26-15-13-25(14-16-26)17-21-9-5-4-6-10-21/h4-12,20,22,27H,3,13-19H2,1-2H3. The average molecular weight is 383 g/mol. The van der Waals surface area contributed by atoms with Gasteiger partial charge in [0.15, 0.2) is 0 Å². The van der Waals surface area contributed by atoms with Crippen LogP contribution < -0.4 is 4.74 Å². The number of piperazine rings is 1. The zero-order valence-electron chi connectivity index (χ0n) is 17.3. The van der Waals surface area contributed by atoms with E-state index in [0.29, 0.717) is 19.1 Å². The molecule has 0 saturated carbocycles. The van der Waals surface area contributed by atoms with Gasteiger partial charge in [0.25, 0.3) is 0 Å². The lowest BCUT2D eigenvalue weighted by Gasteiger charge is -2.35. The summed E-state index contributed by atoms with van der Waals surface area (Å²) in [5.41, 5.74) is 2.59. The number of aliphatic hydroxyl groups excluding tert-OH is 1. The molecule has 4 heteroatoms. The summed E-state index contributed by atoms with van der Waals surface area (Å²) in [4.78, 5) is 4.83. The lowest BCUT2D eigenvalue weighted by Crippen LogP contribution is -2.48. The number of benzene rings is 2. The van der Waals surface area contributed by atoms with Crippen LogP contribution in [0.25, 0.3) is 0 Å². The maximum Gasteiger partial charge on any atom is 0.122 e. The first kappa shape index (κ1) is 20.8. The van der Waals surface area contributed by atoms with Gasteiger partial charge in [0.05, 0.1) is 0 Å². The van der Waals surface area contributed by atoms with E-state index in [1.165, 1.54) is 11.1 Å². The fraction of sp³-hybridized carbons (Fsp3) is 0.500. The third kappa shape index (κ3) is 6.06. The second-order valence-electron chi connectivity index (χ2n) is 7.87. The van der Waals surface area contributed by atoms with Crippen molar-refractivity contribution in [1.29, 1.82) is 0 Å². The number of ether oxygens (including phenoxy) is 1. The van der Waals surface area contributed by atoms with E-state index in [4.69, 9.17) is 4.74 Å². The van der Waals surface area contributed by atoms with E-state index in [9.17, 15) is 5.11 Å². The predicted molar refractivity (Wildman–Crippen MR) is 115 cm³/mol. The van der Waals surface area contributed by atoms with E-state index >= 15 is 0 Å². The minimum Gasteiger partial charge on any atom is -0.491 e. The highest BCUT2D eigenvalue weighted by Crippen LogP contribution is 2.28. The Morgan fingerprint density at radius 3 is 2.29 bits per heavy atom. The first-order valence-corrected chi connectivity index (χ1v) is 10.5. The molecule has 1 aliphatic rings. The van der Waals surface area contributed by atoms with Crippen molar-refractivity contribution in [2.75, 3.05) is 39.3 Å². The SMILES string of the molecule is CCC(C)c1ccccc1OCC(O)CN1CCN(Cc2ccccc2)CC1. The van der Waals surface area contributed by atoms with Gasteiger partial charge in [0.1, 0.15) is 18.5 Å². The molecule has 0 aromatic heterocycles. The van der Waals surface area contributed by atoms with Gasteiger partial charge in [-0.05, 0) is 29.5 Å². The minimum atomic E-state index is -0.467. The lowest BCUT2D eigenvalue weighted by atomic mass is 9.98. The molecule has 1 N–H and O–H groups in total. The summed E-state index contributed by atoms with van der Waals surface area (Å²) in [5.74, 6) is 1.37. The number of hydrogen-bond acceptors (Lipinski definition) is 4. The predicted octanol–water partition coefficient (Wildman–Crippen LogP) is 3.76. The second-order valence-corrected chi connectivity index (χ2v) is 7.87. The third-order valence-corrected chi connectivity index (χ3v) is 5.68. The van der Waals surface area contributed by atoms with E-state index in [0.717, 1.165) is 44.9 Å². The van der Waals surface area contributed by atoms with E-state index in [1.807, 2.05) is 12.1 Å². The van der Waals surface area contributed by atoms with E-state index in [1.54, 1.807) is 0 Å². The normalized spacial score (nSPS) is 18.0. The maximum atomic E-state index is 10.5. The van der Waals surface area contributed by atoms with Gasteiger partial charge in [-0.25, -0.2) is 0 Å². The number of aliphatic hydroxyl groups is 1. The molecule has 1 saturated heterocycles. The smallest absolute Gasteiger partial charge is 0.122 e. The average Bonchev–Trinajstić information content (AvgIpc) is 2.74. The quantitative estimate of drug-likeness (QED) is 0.716. The number of β-amino-alcohol motifs (C(OH)–C–C–N with tert-alkyl or cyclic N) is 1. The molecule has 2 aromatic carbocycles. The molecule has 0 spiro atoms. The van der Waals surface area contributed by atoms with Crippen molar-refractivity contribution in [3.05, 3.63) is 65.7 Å². The zero-order valence-corrected chi connectivity index (χ0v) is 17.3. The van der Waals surface area contributed by atoms with Crippen LogP contribution in [0.3, 0.4) is 0 Å². The number of para-hydroxylation sites is 1. The van der Waals surface area contributed by atoms with Crippen molar-refractivity contribution in [1.82, 2.24) is 9.80 Å². The van der Waals surface area contributed by atoms with Crippen molar-refractivity contribution in [2.45, 2.75) is 38.8 Å². The highest BCUT2D eigenvalue weighted by molar-refractivity contribution is 5.35. The molecule has 1 aliphatic heterocycles. The Morgan fingerprint density at radius 2 is 1.57 bits per heavy atom. The topological polar surface area (TPSA) is 35.9 Å². The second kappa shape index (κ2) is 10.6. The van der Waals surface area contributed by atoms with Gasteiger partial charge in [0, 0.05) is 39.3 Å². The molecule has 4 nitrogen and oxygen atoms in total. The van der Waals surface area contributed by atoms with Crippen LogP contribution in [0, 0.1) is 0 Å². The van der Waals surface area contributed by atoms with Gasteiger partial charge in [-0.1, -0.05) is 62.4 Å². The zero-order chi connectivity index (χ0) is 19.8. The third-order valence-electron chi connectivity index (χ3n) is 5.68. The largest absolute Gasteiger partial charge is 0.491 e. The van der Waals surface area contributed by atoms with Crippen molar-refractivity contribution in [3.8, 4) is 5.75 Å². The van der Waals surface area contributed by atoms with Gasteiger partial charge in [-0.3, -0.25) is 9.80 Å². The number of hydrogen-bond donors (Lipinski definition) is 1. The maximum absolute atomic E-state index is 10.5. The Bertz CT molecular complexity index is 699. The van der Waals surface area contributed by atoms with Crippen LogP contribution in [-0.4, -0.2) is 60.3 Å². The van der Waals surface area contributed by atoms with Crippen molar-refractivity contribution < 1.29 is 9.84 Å². The number of rotatable bonds is 9. The van der Waals surface area contributed by atoms with Crippen LogP contribution in [0.1, 0.15) is 37.3 Å². The molecule has 1 fully saturated rings. The number of nitrogens with zero attached hydrogens (tertiary/aromatic N) is 2. The molecule has 0 bridgehead atoms. The lowest BCUT2D eigenvalue weighted by molar-refractivity contribution is 0.0443. The molecular formula is C24H34N2O2. The van der Waals surface area contributed by atoms with Gasteiger partial charge in [-0.2, -0.15) is 0 Å². The van der Waals surface area contributed by atoms with E-state index in [-0.39, 0.29) is 0 Å². The van der Waals surface area contributed by atoms with Crippen molar-refractivity contribution in [3.63, 3.8) is 0 Å². The molecule has 2 aromatic rings. The van der Waals surface area contributed by atoms with Gasteiger partial charge < -0.3 is 9.84 Å². The molecule has 0 radical (unpaired) electrons. The molecular weight excluding hydrogens is 348 g/mol. The monoisotopic (exact) mass is 382 g/mol. The summed E-state index contributed by atoms with van der Waals surface area (Å²) in [7, 11) is 0. The highest BCUT2D eigenvalue weighted by Gasteiger charge is 2.20. The summed E-state index contributed by atoms with van der Waals surface area (Å²) in [6.07, 6.45) is 0.613. The van der Waals surface area contributed by atoms with Crippen LogP contribution in [0.5, 0.6) is 5.75 Å². The molecule has 3 rings (SSSR count). The molecule has 1 heterocycles. The Kier molecular flexibility index (Phi) is 7.90. The van der Waals surface area contributed by atoms with Crippen LogP contribution in [0.15, 0.2) is 54.6 Å². The van der Waals surface area contributed by atoms with E-state index < -0.39 is 6.10 Å². The highest BCUT2D eigenvalue weighted by atomic mass is 16.5. The molecule has 0 amide bonds. The fourth-order valence-corrected chi connectivity index (χ4v) is 3.75. The molecule has 152 valence electrons. The Hall–Kier alpha value is -1.88. The van der Waals surface area contributed by atoms with Gasteiger partial charge in [0.2, 0.25) is 0 Å². The molecule has 2 unspecified atom stereocenters. The minimum absolute atomic E-state index is 0.345. The molecule has 0 aliphatic carbocycles. The van der Waals surface area contributed by atoms with Crippen LogP contribution in [0.4, 0.5) is 0 Å². The van der Waals surface area contributed by atoms with E-state index in [2.05, 4.69) is 66.1 Å². The summed E-state index contributed by atoms with van der Waals surface area (Å²) >= 11 is 0. The van der Waals surface area contributed by atoms with Gasteiger partial charge in [-0.15, -0.1) is 0 Å².